The van der Waals surface area contributed by atoms with Crippen LogP contribution >= 0.6 is 0 Å². The van der Waals surface area contributed by atoms with Crippen LogP contribution in [0.5, 0.6) is 0 Å². The number of carbonyl (C=O) groups is 3. The van der Waals surface area contributed by atoms with E-state index in [4.69, 9.17) is 4.74 Å². The van der Waals surface area contributed by atoms with Crippen LogP contribution in [-0.2, 0) is 35.6 Å². The Balaban J connectivity index is 1.70. The molecule has 4 rings (SSSR count). The van der Waals surface area contributed by atoms with Gasteiger partial charge < -0.3 is 9.64 Å². The van der Waals surface area contributed by atoms with E-state index in [1.165, 1.54) is 31.2 Å². The van der Waals surface area contributed by atoms with Crippen LogP contribution in [0, 0.1) is 6.92 Å². The molecule has 0 radical (unpaired) electrons. The zero-order valence-corrected chi connectivity index (χ0v) is 20.9. The Labute approximate surface area is 210 Å². The minimum Gasteiger partial charge on any atom is -0.464 e. The highest BCUT2D eigenvalue weighted by molar-refractivity contribution is 7.89. The number of benzene rings is 2. The Hall–Kier alpha value is -3.56. The summed E-state index contributed by atoms with van der Waals surface area (Å²) >= 11 is 0. The number of nitrogens with one attached hydrogen (secondary N) is 1. The number of ketones is 1. The number of aryl methyl sites for hydroxylation is 1. The third-order valence-electron chi connectivity index (χ3n) is 6.37. The number of likely N-dealkylation sites (tertiary alicyclic amines) is 1. The van der Waals surface area contributed by atoms with E-state index in [1.54, 1.807) is 29.2 Å². The van der Waals surface area contributed by atoms with E-state index in [9.17, 15) is 22.8 Å². The van der Waals surface area contributed by atoms with E-state index in [-0.39, 0.29) is 23.7 Å². The van der Waals surface area contributed by atoms with Crippen LogP contribution in [0.25, 0.3) is 0 Å². The van der Waals surface area contributed by atoms with Crippen molar-refractivity contribution < 1.29 is 27.5 Å². The number of rotatable bonds is 8. The summed E-state index contributed by atoms with van der Waals surface area (Å²) in [6.07, 6.45) is 6.46. The lowest BCUT2D eigenvalue weighted by atomic mass is 9.88. The Morgan fingerprint density at radius 2 is 1.72 bits per heavy atom. The van der Waals surface area contributed by atoms with Crippen molar-refractivity contribution in [3.8, 4) is 0 Å². The summed E-state index contributed by atoms with van der Waals surface area (Å²) < 4.78 is 34.1. The first kappa shape index (κ1) is 25.5. The van der Waals surface area contributed by atoms with Gasteiger partial charge in [-0.2, -0.15) is 4.72 Å². The highest BCUT2D eigenvalue weighted by atomic mass is 32.2. The minimum absolute atomic E-state index is 0.0547. The average molecular weight is 509 g/mol. The highest BCUT2D eigenvalue weighted by Crippen LogP contribution is 2.38. The molecular formula is C27H28N2O6S. The maximum Gasteiger partial charge on any atom is 0.302 e. The van der Waals surface area contributed by atoms with Crippen molar-refractivity contribution in [3.05, 3.63) is 90.0 Å². The van der Waals surface area contributed by atoms with Crippen LogP contribution in [0.2, 0.25) is 0 Å². The van der Waals surface area contributed by atoms with Gasteiger partial charge in [-0.05, 0) is 43.2 Å². The fourth-order valence-corrected chi connectivity index (χ4v) is 5.84. The summed E-state index contributed by atoms with van der Waals surface area (Å²) in [5.74, 6) is -1.17. The maximum absolute atomic E-state index is 13.8. The molecule has 2 aromatic rings. The molecule has 1 aliphatic heterocycles. The molecule has 0 unspecified atom stereocenters. The quantitative estimate of drug-likeness (QED) is 0.549. The molecule has 188 valence electrons. The van der Waals surface area contributed by atoms with Gasteiger partial charge in [-0.1, -0.05) is 60.2 Å². The van der Waals surface area contributed by atoms with Gasteiger partial charge in [0.2, 0.25) is 15.9 Å². The predicted octanol–water partition coefficient (Wildman–Crippen LogP) is 2.48. The van der Waals surface area contributed by atoms with E-state index in [2.05, 4.69) is 4.72 Å². The average Bonchev–Trinajstić information content (AvgIpc) is 3.09. The fraction of sp³-hybridized carbons (Fsp3) is 0.296. The van der Waals surface area contributed by atoms with Crippen molar-refractivity contribution in [3.63, 3.8) is 0 Å². The van der Waals surface area contributed by atoms with Crippen molar-refractivity contribution in [2.24, 2.45) is 0 Å². The normalized spacial score (nSPS) is 19.6. The number of hydrogen-bond acceptors (Lipinski definition) is 6. The van der Waals surface area contributed by atoms with Crippen LogP contribution in [0.1, 0.15) is 24.5 Å². The number of esters is 1. The summed E-state index contributed by atoms with van der Waals surface area (Å²) in [5.41, 5.74) is 0.777. The molecule has 0 saturated carbocycles. The van der Waals surface area contributed by atoms with Gasteiger partial charge in [0.1, 0.15) is 12.6 Å². The van der Waals surface area contributed by atoms with E-state index in [0.717, 1.165) is 11.1 Å². The second-order valence-electron chi connectivity index (χ2n) is 9.11. The zero-order valence-electron chi connectivity index (χ0n) is 20.1. The number of ether oxygens (including phenoxy) is 1. The molecule has 0 bridgehead atoms. The molecular weight excluding hydrogens is 480 g/mol. The zero-order chi connectivity index (χ0) is 25.9. The molecule has 1 saturated heterocycles. The molecule has 0 aromatic heterocycles. The molecule has 8 nitrogen and oxygen atoms in total. The van der Waals surface area contributed by atoms with Crippen LogP contribution in [0.15, 0.2) is 83.8 Å². The largest absolute Gasteiger partial charge is 0.464 e. The van der Waals surface area contributed by atoms with Gasteiger partial charge in [-0.3, -0.25) is 14.4 Å². The summed E-state index contributed by atoms with van der Waals surface area (Å²) in [4.78, 5) is 39.0. The van der Waals surface area contributed by atoms with Crippen LogP contribution < -0.4 is 4.72 Å². The van der Waals surface area contributed by atoms with Crippen molar-refractivity contribution in [1.82, 2.24) is 9.62 Å². The molecule has 1 aliphatic carbocycles. The van der Waals surface area contributed by atoms with Gasteiger partial charge in [0.15, 0.2) is 5.78 Å². The van der Waals surface area contributed by atoms with Crippen molar-refractivity contribution in [2.75, 3.05) is 6.61 Å². The van der Waals surface area contributed by atoms with Crippen LogP contribution in [-0.4, -0.2) is 55.2 Å². The lowest BCUT2D eigenvalue weighted by Gasteiger charge is -2.40. The molecule has 2 aliphatic rings. The van der Waals surface area contributed by atoms with Crippen LogP contribution in [0.3, 0.4) is 0 Å². The van der Waals surface area contributed by atoms with Crippen molar-refractivity contribution >= 4 is 27.7 Å². The van der Waals surface area contributed by atoms with E-state index in [1.807, 2.05) is 37.3 Å². The van der Waals surface area contributed by atoms with Gasteiger partial charge in [0.25, 0.3) is 0 Å². The highest BCUT2D eigenvalue weighted by Gasteiger charge is 2.52. The lowest BCUT2D eigenvalue weighted by Crippen LogP contribution is -2.53. The summed E-state index contributed by atoms with van der Waals surface area (Å²) in [7, 11) is -3.99. The number of carbonyl (C=O) groups excluding carboxylic acids is 3. The monoisotopic (exact) mass is 508 g/mol. The number of sulfonamides is 1. The van der Waals surface area contributed by atoms with Gasteiger partial charge in [-0.15, -0.1) is 0 Å². The smallest absolute Gasteiger partial charge is 0.302 e. The molecule has 1 fully saturated rings. The van der Waals surface area contributed by atoms with Crippen LogP contribution in [0.4, 0.5) is 0 Å². The Kier molecular flexibility index (Phi) is 7.23. The second-order valence-corrected chi connectivity index (χ2v) is 10.8. The molecule has 1 spiro atoms. The van der Waals surface area contributed by atoms with Gasteiger partial charge in [0.05, 0.1) is 16.5 Å². The van der Waals surface area contributed by atoms with Crippen molar-refractivity contribution in [1.29, 1.82) is 0 Å². The first-order chi connectivity index (χ1) is 17.1. The predicted molar refractivity (Wildman–Crippen MR) is 133 cm³/mol. The Morgan fingerprint density at radius 1 is 1.08 bits per heavy atom. The van der Waals surface area contributed by atoms with E-state index in [0.29, 0.717) is 6.42 Å². The lowest BCUT2D eigenvalue weighted by molar-refractivity contribution is -0.146. The Bertz CT molecular complexity index is 1300. The molecule has 36 heavy (non-hydrogen) atoms. The third kappa shape index (κ3) is 5.47. The molecule has 1 heterocycles. The number of allylic oxidation sites excluding steroid dienone is 2. The van der Waals surface area contributed by atoms with E-state index < -0.39 is 39.5 Å². The number of amides is 1. The van der Waals surface area contributed by atoms with Crippen molar-refractivity contribution in [2.45, 2.75) is 49.2 Å². The first-order valence-electron chi connectivity index (χ1n) is 11.6. The van der Waals surface area contributed by atoms with Gasteiger partial charge in [-0.25, -0.2) is 8.42 Å². The molecule has 2 aromatic carbocycles. The minimum atomic E-state index is -3.99. The van der Waals surface area contributed by atoms with Gasteiger partial charge >= 0.3 is 5.97 Å². The topological polar surface area (TPSA) is 110 Å². The van der Waals surface area contributed by atoms with E-state index >= 15 is 0 Å². The van der Waals surface area contributed by atoms with Gasteiger partial charge in [0, 0.05) is 13.3 Å². The summed E-state index contributed by atoms with van der Waals surface area (Å²) in [6, 6.07) is 14.1. The second kappa shape index (κ2) is 10.2. The molecule has 9 heteroatoms. The molecule has 1 N–H and O–H groups in total. The maximum atomic E-state index is 13.8. The molecule has 1 amide bonds. The SMILES string of the molecule is CC(=O)OC[C@H](Cc1ccccc1)N1C(=O)[C@@H](NS(=O)(=O)c2ccc(C)cc2)CC12C=CC(=O)C=C2. The first-order valence-corrected chi connectivity index (χ1v) is 13.1. The Morgan fingerprint density at radius 3 is 2.33 bits per heavy atom. The third-order valence-corrected chi connectivity index (χ3v) is 7.86. The standard InChI is InChI=1S/C27H28N2O6S/c1-19-8-10-24(11-9-19)36(33,34)28-25-17-27(14-12-23(31)13-15-27)29(26(25)32)22(18-35-20(2)30)16-21-6-4-3-5-7-21/h3-15,22,25,28H,16-18H2,1-2H3/t22-,25-/m0/s1. The summed E-state index contributed by atoms with van der Waals surface area (Å²) in [6.45, 7) is 3.06. The molecule has 2 atom stereocenters. The fourth-order valence-electron chi connectivity index (χ4n) is 4.66. The number of hydrogen-bond donors (Lipinski definition) is 1. The number of nitrogens with zero attached hydrogens (tertiary/aromatic N) is 1. The summed E-state index contributed by atoms with van der Waals surface area (Å²) in [5, 5.41) is 0.